The van der Waals surface area contributed by atoms with Gasteiger partial charge in [0.15, 0.2) is 0 Å². The molecule has 3 nitrogen and oxygen atoms in total. The van der Waals surface area contributed by atoms with E-state index in [0.29, 0.717) is 6.04 Å². The van der Waals surface area contributed by atoms with Gasteiger partial charge in [0.25, 0.3) is 0 Å². The molecule has 2 unspecified atom stereocenters. The summed E-state index contributed by atoms with van der Waals surface area (Å²) >= 11 is 0. The van der Waals surface area contributed by atoms with E-state index in [-0.39, 0.29) is 5.41 Å². The zero-order valence-electron chi connectivity index (χ0n) is 9.59. The first kappa shape index (κ1) is 12.0. The molecule has 2 fully saturated rings. The molecule has 15 heavy (non-hydrogen) atoms. The van der Waals surface area contributed by atoms with E-state index in [2.05, 4.69) is 30.7 Å². The van der Waals surface area contributed by atoms with Crippen LogP contribution in [0.5, 0.6) is 0 Å². The van der Waals surface area contributed by atoms with E-state index in [0.717, 1.165) is 39.4 Å². The SMILES string of the molecule is [CH2-]C1(C)CN(C)CC2COCCN2C1.[Lr]. The quantitative estimate of drug-likeness (QED) is 0.491. The van der Waals surface area contributed by atoms with Crippen molar-refractivity contribution in [1.82, 2.24) is 9.80 Å². The standard InChI is InChI=1S/C11H21N2O.Lr/c1-11(2)8-12(3)6-10-7-14-5-4-13(10)9-11;/h10H,1,4-9H2,2-3H3;/q-1;. The van der Waals surface area contributed by atoms with Crippen LogP contribution >= 0.6 is 0 Å². The molecule has 0 saturated carbocycles. The van der Waals surface area contributed by atoms with Crippen molar-refractivity contribution in [1.29, 1.82) is 0 Å². The number of hydrogen-bond acceptors (Lipinski definition) is 3. The number of hydrogen-bond donors (Lipinski definition) is 0. The van der Waals surface area contributed by atoms with Crippen molar-refractivity contribution in [2.45, 2.75) is 13.0 Å². The topological polar surface area (TPSA) is 15.7 Å². The average molecular weight is 459 g/mol. The van der Waals surface area contributed by atoms with Crippen LogP contribution in [0.4, 0.5) is 0 Å². The minimum absolute atomic E-state index is 0. The van der Waals surface area contributed by atoms with Crippen molar-refractivity contribution in [3.63, 3.8) is 0 Å². The van der Waals surface area contributed by atoms with Gasteiger partial charge in [-0.2, -0.15) is 0 Å². The Kier molecular flexibility index (Phi) is 3.32. The monoisotopic (exact) mass is 459 g/mol. The van der Waals surface area contributed by atoms with E-state index in [1.165, 1.54) is 0 Å². The third-order valence-corrected chi connectivity index (χ3v) is 3.11. The first-order chi connectivity index (χ1) is 6.57. The van der Waals surface area contributed by atoms with E-state index in [9.17, 15) is 0 Å². The van der Waals surface area contributed by atoms with Crippen LogP contribution in [0.3, 0.4) is 0 Å². The summed E-state index contributed by atoms with van der Waals surface area (Å²) in [4.78, 5) is 4.92. The number of rotatable bonds is 0. The van der Waals surface area contributed by atoms with Gasteiger partial charge in [0.1, 0.15) is 0 Å². The number of ether oxygens (including phenoxy) is 1. The summed E-state index contributed by atoms with van der Waals surface area (Å²) < 4.78 is 5.52. The smallest absolute Gasteiger partial charge is 0.0634 e. The fourth-order valence-electron chi connectivity index (χ4n) is 2.68. The molecule has 0 bridgehead atoms. The number of likely N-dealkylation sites (N-methyl/N-ethyl adjacent to an activating group) is 1. The summed E-state index contributed by atoms with van der Waals surface area (Å²) in [5.74, 6) is 0. The number of fused-ring (bicyclic) bond motifs is 1. The molecule has 2 atom stereocenters. The number of morpholine rings is 1. The van der Waals surface area contributed by atoms with Gasteiger partial charge >= 0.3 is 0 Å². The molecule has 2 aliphatic rings. The Morgan fingerprint density at radius 1 is 1.40 bits per heavy atom. The molecule has 0 aliphatic carbocycles. The van der Waals surface area contributed by atoms with Crippen LogP contribution in [-0.2, 0) is 4.74 Å². The Morgan fingerprint density at radius 2 is 2.13 bits per heavy atom. The van der Waals surface area contributed by atoms with Crippen LogP contribution in [0.15, 0.2) is 0 Å². The van der Waals surface area contributed by atoms with Crippen molar-refractivity contribution >= 4 is 0 Å². The molecule has 0 aromatic carbocycles. The molecule has 0 aromatic heterocycles. The van der Waals surface area contributed by atoms with E-state index in [1.807, 2.05) is 0 Å². The van der Waals surface area contributed by atoms with E-state index < -0.39 is 0 Å². The summed E-state index contributed by atoms with van der Waals surface area (Å²) in [5.41, 5.74) is 0.167. The first-order valence-corrected chi connectivity index (χ1v) is 5.42. The zero-order valence-corrected chi connectivity index (χ0v) is 11.7. The maximum atomic E-state index is 5.52. The summed E-state index contributed by atoms with van der Waals surface area (Å²) in [7, 11) is 2.18. The Hall–Kier alpha value is -1.12. The first-order valence-electron chi connectivity index (χ1n) is 5.42. The van der Waals surface area contributed by atoms with Crippen LogP contribution < -0.4 is 0 Å². The van der Waals surface area contributed by atoms with Gasteiger partial charge in [-0.3, -0.25) is 4.90 Å². The third kappa shape index (κ3) is 2.67. The molecular formula is C11H21LrN2O-. The summed E-state index contributed by atoms with van der Waals surface area (Å²) in [6.07, 6.45) is 0. The van der Waals surface area contributed by atoms with Crippen LogP contribution in [0, 0.1) is 12.3 Å². The average Bonchev–Trinajstić information content (AvgIpc) is 2.16. The van der Waals surface area contributed by atoms with Crippen molar-refractivity contribution < 1.29 is 4.74 Å². The predicted octanol–water partition coefficient (Wildman–Crippen LogP) is 0.473. The molecular weight excluding hydrogens is 438 g/mol. The van der Waals surface area contributed by atoms with Crippen molar-refractivity contribution in [3.05, 3.63) is 6.92 Å². The van der Waals surface area contributed by atoms with Gasteiger partial charge in [-0.05, 0) is 20.1 Å². The minimum atomic E-state index is 0. The molecule has 2 rings (SSSR count). The summed E-state index contributed by atoms with van der Waals surface area (Å²) in [6.45, 7) is 12.7. The number of nitrogens with zero attached hydrogens (tertiary/aromatic N) is 2. The molecule has 0 aromatic rings. The molecule has 4 heteroatoms. The van der Waals surface area contributed by atoms with Gasteiger partial charge in [0, 0.05) is 19.1 Å². The van der Waals surface area contributed by atoms with Crippen molar-refractivity contribution in [2.24, 2.45) is 5.41 Å². The Morgan fingerprint density at radius 3 is 2.87 bits per heavy atom. The van der Waals surface area contributed by atoms with E-state index >= 15 is 0 Å². The van der Waals surface area contributed by atoms with Crippen molar-refractivity contribution in [3.8, 4) is 0 Å². The summed E-state index contributed by atoms with van der Waals surface area (Å²) in [6, 6.07) is 0.581. The van der Waals surface area contributed by atoms with E-state index in [1.54, 1.807) is 0 Å². The molecule has 0 amide bonds. The molecule has 2 saturated heterocycles. The zero-order chi connectivity index (χ0) is 10.2. The molecule has 0 N–H and O–H groups in total. The maximum Gasteiger partial charge on any atom is 0.0634 e. The van der Waals surface area contributed by atoms with E-state index in [4.69, 9.17) is 4.74 Å². The minimum Gasteiger partial charge on any atom is -0.378 e. The normalized spacial score (nSPS) is 39.0. The second-order valence-electron chi connectivity index (χ2n) is 5.21. The predicted molar refractivity (Wildman–Crippen MR) is 57.1 cm³/mol. The largest absolute Gasteiger partial charge is 0.378 e. The molecule has 1 radical (unpaired) electrons. The van der Waals surface area contributed by atoms with Gasteiger partial charge in [-0.15, -0.1) is 5.41 Å². The van der Waals surface area contributed by atoms with Crippen LogP contribution in [0.1, 0.15) is 6.92 Å². The van der Waals surface area contributed by atoms with Gasteiger partial charge in [0.05, 0.1) is 13.2 Å². The van der Waals surface area contributed by atoms with Crippen LogP contribution in [0.25, 0.3) is 0 Å². The van der Waals surface area contributed by atoms with Crippen LogP contribution in [-0.4, -0.2) is 62.3 Å². The molecule has 2 aliphatic heterocycles. The van der Waals surface area contributed by atoms with Crippen molar-refractivity contribution in [2.75, 3.05) is 46.4 Å². The maximum absolute atomic E-state index is 5.52. The van der Waals surface area contributed by atoms with Gasteiger partial charge in [-0.25, -0.2) is 0 Å². The van der Waals surface area contributed by atoms with Gasteiger partial charge in [-0.1, -0.05) is 6.92 Å². The van der Waals surface area contributed by atoms with Gasteiger partial charge in [0.2, 0.25) is 0 Å². The Labute approximate surface area is 87.0 Å². The summed E-state index contributed by atoms with van der Waals surface area (Å²) in [5, 5.41) is 0. The molecule has 2 heterocycles. The van der Waals surface area contributed by atoms with Gasteiger partial charge < -0.3 is 16.6 Å². The fraction of sp³-hybridized carbons (Fsp3) is 0.909. The molecule has 97 valence electrons. The van der Waals surface area contributed by atoms with Crippen LogP contribution in [0.2, 0.25) is 0 Å². The Bertz CT molecular complexity index is 211. The fourth-order valence-corrected chi connectivity index (χ4v) is 2.68. The Balaban J connectivity index is 0.00000112. The molecule has 0 spiro atoms. The second-order valence-corrected chi connectivity index (χ2v) is 5.21. The second kappa shape index (κ2) is 4.17. The third-order valence-electron chi connectivity index (χ3n) is 3.11.